The summed E-state index contributed by atoms with van der Waals surface area (Å²) in [5.74, 6) is 0. The van der Waals surface area contributed by atoms with E-state index in [0.29, 0.717) is 0 Å². The first-order valence-corrected chi connectivity index (χ1v) is 23.6. The molecular formula is C32H68OSn. The Morgan fingerprint density at radius 3 is 0.912 bits per heavy atom. The van der Waals surface area contributed by atoms with Crippen molar-refractivity contribution in [3.63, 3.8) is 0 Å². The van der Waals surface area contributed by atoms with Crippen molar-refractivity contribution < 1.29 is 3.07 Å². The van der Waals surface area contributed by atoms with Crippen molar-refractivity contribution in [1.29, 1.82) is 0 Å². The molecule has 0 aromatic heterocycles. The molecule has 0 radical (unpaired) electrons. The van der Waals surface area contributed by atoms with E-state index in [2.05, 4.69) is 27.7 Å². The van der Waals surface area contributed by atoms with E-state index >= 15 is 0 Å². The van der Waals surface area contributed by atoms with Crippen LogP contribution < -0.4 is 0 Å². The van der Waals surface area contributed by atoms with Gasteiger partial charge in [0, 0.05) is 0 Å². The molecule has 0 saturated carbocycles. The topological polar surface area (TPSA) is 9.23 Å². The third kappa shape index (κ3) is 23.2. The molecule has 0 amide bonds. The fourth-order valence-corrected chi connectivity index (χ4v) is 18.1. The Bertz CT molecular complexity index is 329. The van der Waals surface area contributed by atoms with Gasteiger partial charge in [-0.25, -0.2) is 0 Å². The van der Waals surface area contributed by atoms with E-state index in [1.807, 2.05) is 0 Å². The van der Waals surface area contributed by atoms with Crippen molar-refractivity contribution in [2.45, 2.75) is 195 Å². The van der Waals surface area contributed by atoms with Crippen molar-refractivity contribution in [3.8, 4) is 0 Å². The van der Waals surface area contributed by atoms with Crippen LogP contribution in [0.1, 0.15) is 182 Å². The van der Waals surface area contributed by atoms with E-state index in [4.69, 9.17) is 3.07 Å². The predicted octanol–water partition coefficient (Wildman–Crippen LogP) is 12.4. The molecule has 206 valence electrons. The molecule has 1 nitrogen and oxygen atoms in total. The summed E-state index contributed by atoms with van der Waals surface area (Å²) in [5.41, 5.74) is 0. The van der Waals surface area contributed by atoms with Gasteiger partial charge in [0.15, 0.2) is 0 Å². The van der Waals surface area contributed by atoms with Crippen molar-refractivity contribution >= 4 is 18.8 Å². The molecule has 0 heterocycles. The molecule has 0 fully saturated rings. The monoisotopic (exact) mass is 588 g/mol. The molecular weight excluding hydrogens is 519 g/mol. The molecule has 0 aromatic rings. The summed E-state index contributed by atoms with van der Waals surface area (Å²) < 4.78 is 11.7. The van der Waals surface area contributed by atoms with Gasteiger partial charge in [-0.15, -0.1) is 0 Å². The molecule has 0 rings (SSSR count). The summed E-state index contributed by atoms with van der Waals surface area (Å²) in [5, 5.41) is 0. The first kappa shape index (κ1) is 34.8. The number of hydrogen-bond acceptors (Lipinski definition) is 1. The fraction of sp³-hybridized carbons (Fsp3) is 1.00. The number of rotatable bonds is 29. The number of unbranched alkanes of at least 4 members (excludes halogenated alkanes) is 20. The second kappa shape index (κ2) is 28.3. The third-order valence-electron chi connectivity index (χ3n) is 7.86. The van der Waals surface area contributed by atoms with Gasteiger partial charge in [-0.05, 0) is 0 Å². The first-order valence-electron chi connectivity index (χ1n) is 16.4. The van der Waals surface area contributed by atoms with Crippen molar-refractivity contribution in [2.75, 3.05) is 6.61 Å². The zero-order valence-electron chi connectivity index (χ0n) is 24.7. The van der Waals surface area contributed by atoms with Crippen LogP contribution in [0.4, 0.5) is 0 Å². The van der Waals surface area contributed by atoms with Gasteiger partial charge < -0.3 is 0 Å². The predicted molar refractivity (Wildman–Crippen MR) is 160 cm³/mol. The van der Waals surface area contributed by atoms with Crippen LogP contribution in [-0.4, -0.2) is 25.4 Å². The summed E-state index contributed by atoms with van der Waals surface area (Å²) in [6, 6.07) is 0. The molecule has 0 saturated heterocycles. The van der Waals surface area contributed by atoms with Gasteiger partial charge in [0.05, 0.1) is 0 Å². The van der Waals surface area contributed by atoms with Crippen LogP contribution in [0.3, 0.4) is 0 Å². The van der Waals surface area contributed by atoms with E-state index in [9.17, 15) is 0 Å². The average Bonchev–Trinajstić information content (AvgIpc) is 2.85. The van der Waals surface area contributed by atoms with Gasteiger partial charge in [-0.3, -0.25) is 0 Å². The Morgan fingerprint density at radius 1 is 0.324 bits per heavy atom. The van der Waals surface area contributed by atoms with Crippen molar-refractivity contribution in [3.05, 3.63) is 0 Å². The quantitative estimate of drug-likeness (QED) is 0.0625. The molecule has 0 aliphatic carbocycles. The standard InChI is InChI=1S/C8H17O.3C8H17.Sn/c1-2-3-4-5-6-7-8-9;3*1-3-5-7-8-6-4-2;/h2-8H2,1H3;3*1,3-8H2,2H3;/q-1;;;;+1. The van der Waals surface area contributed by atoms with E-state index < -0.39 is 18.8 Å². The summed E-state index contributed by atoms with van der Waals surface area (Å²) in [7, 11) is 0. The van der Waals surface area contributed by atoms with E-state index in [-0.39, 0.29) is 0 Å². The van der Waals surface area contributed by atoms with Gasteiger partial charge in [0.1, 0.15) is 0 Å². The van der Waals surface area contributed by atoms with Crippen molar-refractivity contribution in [1.82, 2.24) is 0 Å². The van der Waals surface area contributed by atoms with E-state index in [1.54, 1.807) is 0 Å². The molecule has 2 heteroatoms. The zero-order chi connectivity index (χ0) is 25.0. The summed E-state index contributed by atoms with van der Waals surface area (Å²) in [6.07, 6.45) is 34.3. The Balaban J connectivity index is 4.74. The maximum absolute atomic E-state index is 7.13. The normalized spacial score (nSPS) is 12.0. The van der Waals surface area contributed by atoms with Crippen molar-refractivity contribution in [2.24, 2.45) is 0 Å². The second-order valence-corrected chi connectivity index (χ2v) is 23.2. The zero-order valence-corrected chi connectivity index (χ0v) is 27.6. The Kier molecular flexibility index (Phi) is 29.0. The minimum absolute atomic E-state index is 1.10. The third-order valence-corrected chi connectivity index (χ3v) is 21.0. The van der Waals surface area contributed by atoms with Crippen LogP contribution in [0.15, 0.2) is 0 Å². The number of hydrogen-bond donors (Lipinski definition) is 0. The van der Waals surface area contributed by atoms with Gasteiger partial charge in [-0.2, -0.15) is 0 Å². The first-order chi connectivity index (χ1) is 16.7. The van der Waals surface area contributed by atoms with Crippen LogP contribution in [0.5, 0.6) is 0 Å². The van der Waals surface area contributed by atoms with Gasteiger partial charge in [-0.1, -0.05) is 0 Å². The Morgan fingerprint density at radius 2 is 0.588 bits per heavy atom. The summed E-state index contributed by atoms with van der Waals surface area (Å²) in [4.78, 5) is 0. The van der Waals surface area contributed by atoms with Crippen LogP contribution in [-0.2, 0) is 3.07 Å². The molecule has 0 unspecified atom stereocenters. The van der Waals surface area contributed by atoms with Crippen LogP contribution >= 0.6 is 0 Å². The molecule has 0 aliphatic rings. The minimum atomic E-state index is -2.48. The SMILES string of the molecule is CCCCCCCC[O][Sn]([CH2]CCCCCCC)([CH2]CCCCCCC)[CH2]CCCCCCC. The van der Waals surface area contributed by atoms with Gasteiger partial charge in [0.2, 0.25) is 0 Å². The van der Waals surface area contributed by atoms with E-state index in [0.717, 1.165) is 6.61 Å². The Labute approximate surface area is 222 Å². The maximum atomic E-state index is 7.13. The van der Waals surface area contributed by atoms with Crippen LogP contribution in [0.25, 0.3) is 0 Å². The fourth-order valence-electron chi connectivity index (χ4n) is 5.45. The average molecular weight is 588 g/mol. The Hall–Kier alpha value is 0.759. The molecule has 0 spiro atoms. The molecule has 0 aromatic carbocycles. The second-order valence-electron chi connectivity index (χ2n) is 11.4. The molecule has 0 bridgehead atoms. The van der Waals surface area contributed by atoms with Crippen LogP contribution in [0, 0.1) is 0 Å². The van der Waals surface area contributed by atoms with Crippen LogP contribution in [0.2, 0.25) is 13.3 Å². The molecule has 0 N–H and O–H groups in total. The molecule has 0 atom stereocenters. The summed E-state index contributed by atoms with van der Waals surface area (Å²) >= 11 is -2.48. The summed E-state index contributed by atoms with van der Waals surface area (Å²) in [6.45, 7) is 10.4. The molecule has 0 aliphatic heterocycles. The van der Waals surface area contributed by atoms with Gasteiger partial charge >= 0.3 is 224 Å². The molecule has 34 heavy (non-hydrogen) atoms. The van der Waals surface area contributed by atoms with Gasteiger partial charge in [0.25, 0.3) is 0 Å². The van der Waals surface area contributed by atoms with E-state index in [1.165, 1.54) is 167 Å².